The predicted molar refractivity (Wildman–Crippen MR) is 91.4 cm³/mol. The lowest BCUT2D eigenvalue weighted by Crippen LogP contribution is -2.49. The third-order valence-corrected chi connectivity index (χ3v) is 3.46. The average molecular weight is 345 g/mol. The minimum absolute atomic E-state index is 0.0271. The van der Waals surface area contributed by atoms with Crippen LogP contribution in [0.4, 0.5) is 5.69 Å². The van der Waals surface area contributed by atoms with Crippen LogP contribution in [0.2, 0.25) is 10.0 Å². The number of carbonyl (C=O) groups excluding carboxylic acids is 2. The van der Waals surface area contributed by atoms with Crippen LogP contribution in [0.3, 0.4) is 0 Å². The molecule has 1 aromatic rings. The van der Waals surface area contributed by atoms with Crippen LogP contribution in [-0.2, 0) is 9.59 Å². The number of rotatable bonds is 3. The largest absolute Gasteiger partial charge is 0.343 e. The number of hydrogen-bond donors (Lipinski definition) is 2. The second-order valence-corrected chi connectivity index (χ2v) is 7.94. The van der Waals surface area contributed by atoms with Gasteiger partial charge in [-0.05, 0) is 37.8 Å². The van der Waals surface area contributed by atoms with E-state index in [0.29, 0.717) is 0 Å². The van der Waals surface area contributed by atoms with E-state index in [1.807, 2.05) is 13.8 Å². The van der Waals surface area contributed by atoms with E-state index in [2.05, 4.69) is 31.4 Å². The van der Waals surface area contributed by atoms with Gasteiger partial charge in [-0.1, -0.05) is 50.0 Å². The van der Waals surface area contributed by atoms with Crippen LogP contribution in [-0.4, -0.2) is 17.4 Å². The molecule has 0 heterocycles. The van der Waals surface area contributed by atoms with Crippen LogP contribution in [0.25, 0.3) is 0 Å². The van der Waals surface area contributed by atoms with E-state index in [4.69, 9.17) is 23.2 Å². The van der Waals surface area contributed by atoms with Gasteiger partial charge in [-0.2, -0.15) is 0 Å². The molecule has 0 radical (unpaired) electrons. The van der Waals surface area contributed by atoms with Crippen LogP contribution in [0.15, 0.2) is 18.2 Å². The summed E-state index contributed by atoms with van der Waals surface area (Å²) in [5.74, 6) is -1.51. The summed E-state index contributed by atoms with van der Waals surface area (Å²) in [5, 5.41) is 5.74. The average Bonchev–Trinajstić information content (AvgIpc) is 2.29. The van der Waals surface area contributed by atoms with E-state index >= 15 is 0 Å². The van der Waals surface area contributed by atoms with Crippen LogP contribution in [0.5, 0.6) is 0 Å². The van der Waals surface area contributed by atoms with Gasteiger partial charge in [0.2, 0.25) is 0 Å². The van der Waals surface area contributed by atoms with Crippen molar-refractivity contribution in [1.82, 2.24) is 5.32 Å². The van der Waals surface area contributed by atoms with E-state index in [1.54, 1.807) is 18.2 Å². The van der Waals surface area contributed by atoms with Crippen molar-refractivity contribution in [2.45, 2.75) is 46.6 Å². The molecule has 0 spiro atoms. The molecule has 0 aliphatic rings. The van der Waals surface area contributed by atoms with Crippen molar-refractivity contribution in [1.29, 1.82) is 0 Å². The van der Waals surface area contributed by atoms with Crippen LogP contribution < -0.4 is 10.6 Å². The van der Waals surface area contributed by atoms with Gasteiger partial charge in [0.25, 0.3) is 0 Å². The van der Waals surface area contributed by atoms with Gasteiger partial charge in [-0.15, -0.1) is 0 Å². The number of anilines is 1. The summed E-state index contributed by atoms with van der Waals surface area (Å²) < 4.78 is 0. The maximum absolute atomic E-state index is 12.1. The quantitative estimate of drug-likeness (QED) is 0.804. The van der Waals surface area contributed by atoms with Crippen LogP contribution >= 0.6 is 23.2 Å². The third-order valence-electron chi connectivity index (χ3n) is 2.83. The maximum atomic E-state index is 12.1. The fourth-order valence-electron chi connectivity index (χ4n) is 2.52. The predicted octanol–water partition coefficient (Wildman–Crippen LogP) is 4.26. The molecule has 6 heteroatoms. The summed E-state index contributed by atoms with van der Waals surface area (Å²) in [7, 11) is 0. The molecular weight excluding hydrogens is 323 g/mol. The van der Waals surface area contributed by atoms with Crippen molar-refractivity contribution in [3.63, 3.8) is 0 Å². The molecule has 2 N–H and O–H groups in total. The highest BCUT2D eigenvalue weighted by atomic mass is 35.5. The molecule has 0 unspecified atom stereocenters. The monoisotopic (exact) mass is 344 g/mol. The number of carbonyl (C=O) groups is 2. The third kappa shape index (κ3) is 5.85. The second-order valence-electron chi connectivity index (χ2n) is 7.13. The van der Waals surface area contributed by atoms with Crippen molar-refractivity contribution >= 4 is 40.7 Å². The van der Waals surface area contributed by atoms with Gasteiger partial charge in [-0.3, -0.25) is 9.59 Å². The van der Waals surface area contributed by atoms with Crippen molar-refractivity contribution in [3.05, 3.63) is 28.2 Å². The molecule has 0 saturated carbocycles. The van der Waals surface area contributed by atoms with Gasteiger partial charge < -0.3 is 10.6 Å². The first kappa shape index (κ1) is 18.8. The minimum atomic E-state index is -0.794. The molecule has 0 bridgehead atoms. The van der Waals surface area contributed by atoms with Crippen molar-refractivity contribution in [2.75, 3.05) is 5.32 Å². The number of amides is 2. The van der Waals surface area contributed by atoms with Crippen molar-refractivity contribution in [2.24, 2.45) is 5.41 Å². The molecule has 22 heavy (non-hydrogen) atoms. The van der Waals surface area contributed by atoms with E-state index in [0.717, 1.165) is 6.42 Å². The Morgan fingerprint density at radius 2 is 1.50 bits per heavy atom. The number of benzene rings is 1. The molecule has 0 aliphatic heterocycles. The number of para-hydroxylation sites is 1. The maximum Gasteiger partial charge on any atom is 0.313 e. The Morgan fingerprint density at radius 3 is 1.95 bits per heavy atom. The Bertz CT molecular complexity index is 558. The van der Waals surface area contributed by atoms with Crippen molar-refractivity contribution in [3.8, 4) is 0 Å². The Balaban J connectivity index is 2.76. The summed E-state index contributed by atoms with van der Waals surface area (Å²) >= 11 is 11.9. The zero-order chi connectivity index (χ0) is 17.1. The SMILES string of the molecule is CC(C)(C)CC(C)(C)NC(=O)C(=O)Nc1c(Cl)cccc1Cl. The number of hydrogen-bond acceptors (Lipinski definition) is 2. The highest BCUT2D eigenvalue weighted by Gasteiger charge is 2.29. The lowest BCUT2D eigenvalue weighted by atomic mass is 9.82. The van der Waals surface area contributed by atoms with Gasteiger partial charge in [0.05, 0.1) is 15.7 Å². The fourth-order valence-corrected chi connectivity index (χ4v) is 3.01. The summed E-state index contributed by atoms with van der Waals surface area (Å²) in [5.41, 5.74) is -0.240. The Labute approximate surface area is 141 Å². The Hall–Kier alpha value is -1.26. The zero-order valence-corrected chi connectivity index (χ0v) is 15.0. The molecule has 1 aromatic carbocycles. The van der Waals surface area contributed by atoms with Crippen LogP contribution in [0.1, 0.15) is 41.0 Å². The van der Waals surface area contributed by atoms with Gasteiger partial charge in [0, 0.05) is 5.54 Å². The summed E-state index contributed by atoms with van der Waals surface area (Å²) in [4.78, 5) is 24.1. The molecule has 2 amide bonds. The first-order valence-electron chi connectivity index (χ1n) is 6.99. The van der Waals surface area contributed by atoms with E-state index in [9.17, 15) is 9.59 Å². The van der Waals surface area contributed by atoms with Gasteiger partial charge in [0.1, 0.15) is 0 Å². The summed E-state index contributed by atoms with van der Waals surface area (Å²) in [6.45, 7) is 9.98. The fraction of sp³-hybridized carbons (Fsp3) is 0.500. The lowest BCUT2D eigenvalue weighted by molar-refractivity contribution is -0.137. The van der Waals surface area contributed by atoms with E-state index < -0.39 is 17.4 Å². The van der Waals surface area contributed by atoms with Gasteiger partial charge in [-0.25, -0.2) is 0 Å². The number of halogens is 2. The molecule has 122 valence electrons. The molecule has 0 aliphatic carbocycles. The first-order valence-corrected chi connectivity index (χ1v) is 7.74. The summed E-state index contributed by atoms with van der Waals surface area (Å²) in [6, 6.07) is 4.84. The standard InChI is InChI=1S/C16H22Cl2N2O2/c1-15(2,3)9-16(4,5)20-14(22)13(21)19-12-10(17)7-6-8-11(12)18/h6-8H,9H2,1-5H3,(H,19,21)(H,20,22). The normalized spacial score (nSPS) is 12.0. The van der Waals surface area contributed by atoms with Gasteiger partial charge in [0.15, 0.2) is 0 Å². The minimum Gasteiger partial charge on any atom is -0.343 e. The smallest absolute Gasteiger partial charge is 0.313 e. The molecule has 1 rings (SSSR count). The van der Waals surface area contributed by atoms with E-state index in [-0.39, 0.29) is 21.1 Å². The molecule has 0 fully saturated rings. The number of nitrogens with one attached hydrogen (secondary N) is 2. The molecule has 0 saturated heterocycles. The molecular formula is C16H22Cl2N2O2. The summed E-state index contributed by atoms with van der Waals surface area (Å²) in [6.07, 6.45) is 0.728. The van der Waals surface area contributed by atoms with Crippen molar-refractivity contribution < 1.29 is 9.59 Å². The first-order chi connectivity index (χ1) is 9.91. The highest BCUT2D eigenvalue weighted by molar-refractivity contribution is 6.44. The zero-order valence-electron chi connectivity index (χ0n) is 13.5. The Kier molecular flexibility index (Phi) is 5.88. The molecule has 0 atom stereocenters. The van der Waals surface area contributed by atoms with Gasteiger partial charge >= 0.3 is 11.8 Å². The molecule has 0 aromatic heterocycles. The topological polar surface area (TPSA) is 58.2 Å². The molecule has 4 nitrogen and oxygen atoms in total. The second kappa shape index (κ2) is 6.88. The van der Waals surface area contributed by atoms with Crippen LogP contribution in [0, 0.1) is 5.41 Å². The highest BCUT2D eigenvalue weighted by Crippen LogP contribution is 2.30. The lowest BCUT2D eigenvalue weighted by Gasteiger charge is -2.33. The van der Waals surface area contributed by atoms with E-state index in [1.165, 1.54) is 0 Å². The Morgan fingerprint density at radius 1 is 1.00 bits per heavy atom.